The van der Waals surface area contributed by atoms with Gasteiger partial charge in [-0.15, -0.1) is 0 Å². The van der Waals surface area contributed by atoms with Gasteiger partial charge in [0.2, 0.25) is 0 Å². The summed E-state index contributed by atoms with van der Waals surface area (Å²) in [5.41, 5.74) is 0. The summed E-state index contributed by atoms with van der Waals surface area (Å²) < 4.78 is 20.3. The predicted molar refractivity (Wildman–Crippen MR) is 94.1 cm³/mol. The summed E-state index contributed by atoms with van der Waals surface area (Å²) in [6, 6.07) is 18.2. The third-order valence-corrected chi connectivity index (χ3v) is 5.39. The summed E-state index contributed by atoms with van der Waals surface area (Å²) in [5.74, 6) is 0. The third-order valence-electron chi connectivity index (χ3n) is 2.32. The van der Waals surface area contributed by atoms with E-state index in [4.69, 9.17) is 9.11 Å². The summed E-state index contributed by atoms with van der Waals surface area (Å²) in [5, 5.41) is 0. The van der Waals surface area contributed by atoms with Crippen LogP contribution in [0.2, 0.25) is 0 Å². The highest BCUT2D eigenvalue weighted by Crippen LogP contribution is 2.36. The molecule has 0 heterocycles. The van der Waals surface area contributed by atoms with Crippen LogP contribution in [-0.4, -0.2) is 22.6 Å². The van der Waals surface area contributed by atoms with Crippen molar-refractivity contribution >= 4 is 54.4 Å². The van der Waals surface area contributed by atoms with Crippen molar-refractivity contribution in [2.45, 2.75) is 9.79 Å². The van der Waals surface area contributed by atoms with Gasteiger partial charge in [0.15, 0.2) is 0 Å². The first-order chi connectivity index (χ1) is 10.7. The number of amides is 2. The Balaban J connectivity index is 2.18. The summed E-state index contributed by atoms with van der Waals surface area (Å²) in [6.45, 7) is 0. The Bertz CT molecular complexity index is 543. The minimum Gasteiger partial charge on any atom is -0.311 e. The number of rotatable bonds is 6. The van der Waals surface area contributed by atoms with Crippen LogP contribution >= 0.6 is 48.4 Å². The molecule has 0 aliphatic carbocycles. The van der Waals surface area contributed by atoms with Crippen LogP contribution < -0.4 is 0 Å². The summed E-state index contributed by atoms with van der Waals surface area (Å²) in [4.78, 5) is 14.1. The van der Waals surface area contributed by atoms with Gasteiger partial charge in [0, 0.05) is 33.7 Å². The molecule has 5 nitrogen and oxygen atoms in total. The number of benzene rings is 2. The van der Waals surface area contributed by atoms with Crippen LogP contribution in [0.5, 0.6) is 0 Å². The molecule has 0 saturated heterocycles. The van der Waals surface area contributed by atoms with E-state index in [1.54, 1.807) is 0 Å². The maximum absolute atomic E-state index is 12.4. The fourth-order valence-electron chi connectivity index (χ4n) is 1.40. The standard InChI is InChI=1S/C13H12N2O3S4/c16-13(15(21-17)22-18)14(19-11-7-3-1-4-8-11)20-12-9-5-2-6-10-12/h1-10,17-18H. The van der Waals surface area contributed by atoms with Crippen LogP contribution in [0.4, 0.5) is 4.79 Å². The second-order valence-electron chi connectivity index (χ2n) is 3.77. The zero-order chi connectivity index (χ0) is 15.8. The van der Waals surface area contributed by atoms with Gasteiger partial charge < -0.3 is 9.11 Å². The molecule has 0 radical (unpaired) electrons. The number of nitrogens with zero attached hydrogens (tertiary/aromatic N) is 2. The van der Waals surface area contributed by atoms with Crippen molar-refractivity contribution in [2.75, 3.05) is 0 Å². The normalized spacial score (nSPS) is 10.3. The minimum absolute atomic E-state index is 0.156. The number of hydrogen-bond acceptors (Lipinski definition) is 7. The first kappa shape index (κ1) is 17.4. The van der Waals surface area contributed by atoms with Crippen LogP contribution in [0.3, 0.4) is 0 Å². The van der Waals surface area contributed by atoms with Crippen LogP contribution in [0, 0.1) is 0 Å². The number of hydrogen-bond donors (Lipinski definition) is 2. The molecule has 0 fully saturated rings. The lowest BCUT2D eigenvalue weighted by atomic mass is 10.4. The summed E-state index contributed by atoms with van der Waals surface area (Å²) in [7, 11) is 0. The third kappa shape index (κ3) is 5.04. The molecule has 2 rings (SSSR count). The van der Waals surface area contributed by atoms with E-state index < -0.39 is 6.03 Å². The molecule has 2 N–H and O–H groups in total. The number of carbonyl (C=O) groups is 1. The Labute approximate surface area is 146 Å². The van der Waals surface area contributed by atoms with E-state index in [-0.39, 0.29) is 24.5 Å². The molecule has 0 aliphatic heterocycles. The van der Waals surface area contributed by atoms with E-state index in [1.165, 1.54) is 27.6 Å². The maximum Gasteiger partial charge on any atom is 0.365 e. The molecule has 2 amide bonds. The molecule has 0 aromatic heterocycles. The quantitative estimate of drug-likeness (QED) is 0.522. The van der Waals surface area contributed by atoms with Crippen molar-refractivity contribution < 1.29 is 13.9 Å². The Morgan fingerprint density at radius 2 is 1.14 bits per heavy atom. The van der Waals surface area contributed by atoms with Crippen LogP contribution in [-0.2, 0) is 0 Å². The number of urea groups is 1. The molecular weight excluding hydrogens is 360 g/mol. The summed E-state index contributed by atoms with van der Waals surface area (Å²) in [6.07, 6.45) is 0. The molecule has 0 saturated carbocycles. The first-order valence-electron chi connectivity index (χ1n) is 5.98. The van der Waals surface area contributed by atoms with Crippen molar-refractivity contribution in [1.82, 2.24) is 7.42 Å². The highest BCUT2D eigenvalue weighted by Gasteiger charge is 2.25. The molecule has 9 heteroatoms. The van der Waals surface area contributed by atoms with Gasteiger partial charge in [-0.1, -0.05) is 36.4 Å². The van der Waals surface area contributed by atoms with Gasteiger partial charge in [-0.25, -0.2) is 4.79 Å². The molecule has 22 heavy (non-hydrogen) atoms. The van der Waals surface area contributed by atoms with Crippen LogP contribution in [0.15, 0.2) is 70.5 Å². The van der Waals surface area contributed by atoms with Gasteiger partial charge >= 0.3 is 6.03 Å². The predicted octanol–water partition coefficient (Wildman–Crippen LogP) is 5.37. The molecular formula is C13H12N2O3S4. The van der Waals surface area contributed by atoms with Gasteiger partial charge in [-0.2, -0.15) is 7.42 Å². The fraction of sp³-hybridized carbons (Fsp3) is 0. The highest BCUT2D eigenvalue weighted by molar-refractivity contribution is 8.13. The zero-order valence-electron chi connectivity index (χ0n) is 11.1. The van der Waals surface area contributed by atoms with Crippen molar-refractivity contribution in [3.05, 3.63) is 60.7 Å². The van der Waals surface area contributed by atoms with E-state index in [2.05, 4.69) is 0 Å². The van der Waals surface area contributed by atoms with Crippen molar-refractivity contribution in [3.63, 3.8) is 0 Å². The monoisotopic (exact) mass is 372 g/mol. The average Bonchev–Trinajstić information content (AvgIpc) is 2.57. The molecule has 116 valence electrons. The molecule has 0 bridgehead atoms. The van der Waals surface area contributed by atoms with E-state index in [0.29, 0.717) is 0 Å². The molecule has 0 unspecified atom stereocenters. The minimum atomic E-state index is -0.553. The lowest BCUT2D eigenvalue weighted by molar-refractivity contribution is 0.234. The van der Waals surface area contributed by atoms with Crippen molar-refractivity contribution in [1.29, 1.82) is 0 Å². The van der Waals surface area contributed by atoms with Crippen LogP contribution in [0.1, 0.15) is 0 Å². The molecule has 2 aromatic carbocycles. The van der Waals surface area contributed by atoms with Gasteiger partial charge in [-0.3, -0.25) is 0 Å². The van der Waals surface area contributed by atoms with Gasteiger partial charge in [0.05, 0.1) is 0 Å². The zero-order valence-corrected chi connectivity index (χ0v) is 14.4. The lowest BCUT2D eigenvalue weighted by Gasteiger charge is -2.23. The van der Waals surface area contributed by atoms with Crippen molar-refractivity contribution in [2.24, 2.45) is 0 Å². The van der Waals surface area contributed by atoms with E-state index in [0.717, 1.165) is 13.5 Å². The number of carbonyl (C=O) groups excluding carboxylic acids is 1. The molecule has 0 aliphatic rings. The van der Waals surface area contributed by atoms with E-state index >= 15 is 0 Å². The average molecular weight is 373 g/mol. The van der Waals surface area contributed by atoms with Gasteiger partial charge in [-0.05, 0) is 24.3 Å². The summed E-state index contributed by atoms with van der Waals surface area (Å²) >= 11 is 2.73. The Kier molecular flexibility index (Phi) is 7.30. The Hall–Kier alpha value is -0.970. The molecule has 0 spiro atoms. The lowest BCUT2D eigenvalue weighted by Crippen LogP contribution is -2.26. The second-order valence-corrected chi connectivity index (χ2v) is 7.33. The second kappa shape index (κ2) is 9.23. The maximum atomic E-state index is 12.4. The fourth-order valence-corrected chi connectivity index (χ4v) is 3.96. The van der Waals surface area contributed by atoms with Gasteiger partial charge in [0.25, 0.3) is 0 Å². The van der Waals surface area contributed by atoms with Crippen molar-refractivity contribution in [3.8, 4) is 0 Å². The van der Waals surface area contributed by atoms with E-state index in [1.807, 2.05) is 60.7 Å². The topological polar surface area (TPSA) is 64.0 Å². The smallest absolute Gasteiger partial charge is 0.311 e. The van der Waals surface area contributed by atoms with Crippen LogP contribution in [0.25, 0.3) is 0 Å². The largest absolute Gasteiger partial charge is 0.365 e. The SMILES string of the molecule is O=C(N(SO)SO)N(Sc1ccccc1)Sc1ccccc1. The first-order valence-corrected chi connectivity index (χ1v) is 8.98. The molecule has 0 atom stereocenters. The highest BCUT2D eigenvalue weighted by atomic mass is 32.2. The Morgan fingerprint density at radius 3 is 1.50 bits per heavy atom. The molecule has 2 aromatic rings. The Morgan fingerprint density at radius 1 is 0.727 bits per heavy atom. The van der Waals surface area contributed by atoms with E-state index in [9.17, 15) is 4.79 Å². The van der Waals surface area contributed by atoms with Gasteiger partial charge in [0.1, 0.15) is 24.5 Å².